The highest BCUT2D eigenvalue weighted by Crippen LogP contribution is 2.29. The topological polar surface area (TPSA) is 64.2 Å². The van der Waals surface area contributed by atoms with Crippen LogP contribution in [0.3, 0.4) is 0 Å². The number of hydrogen-bond donors (Lipinski definition) is 1. The Hall–Kier alpha value is -1.52. The summed E-state index contributed by atoms with van der Waals surface area (Å²) < 4.78 is 10.8. The van der Waals surface area contributed by atoms with Gasteiger partial charge in [0, 0.05) is 0 Å². The Bertz CT molecular complexity index is 430. The van der Waals surface area contributed by atoms with Crippen molar-refractivity contribution < 1.29 is 9.47 Å². The van der Waals surface area contributed by atoms with Gasteiger partial charge < -0.3 is 14.5 Å². The van der Waals surface area contributed by atoms with Crippen LogP contribution in [0.5, 0.6) is 11.6 Å². The van der Waals surface area contributed by atoms with Crippen molar-refractivity contribution in [3.63, 3.8) is 0 Å². The summed E-state index contributed by atoms with van der Waals surface area (Å²) in [7, 11) is 1.45. The van der Waals surface area contributed by atoms with Crippen molar-refractivity contribution in [3.8, 4) is 11.6 Å². The van der Waals surface area contributed by atoms with Crippen molar-refractivity contribution in [2.45, 2.75) is 38.7 Å². The van der Waals surface area contributed by atoms with Gasteiger partial charge in [-0.2, -0.15) is 0 Å². The zero-order valence-electron chi connectivity index (χ0n) is 10.2. The Morgan fingerprint density at radius 2 is 2.18 bits per heavy atom. The Labute approximate surface area is 100 Å². The third-order valence-electron chi connectivity index (χ3n) is 3.28. The van der Waals surface area contributed by atoms with Gasteiger partial charge in [-0.3, -0.25) is 4.79 Å². The van der Waals surface area contributed by atoms with Crippen LogP contribution in [-0.2, 0) is 0 Å². The summed E-state index contributed by atoms with van der Waals surface area (Å²) in [5, 5.41) is 0. The first-order chi connectivity index (χ1) is 8.22. The van der Waals surface area contributed by atoms with Crippen molar-refractivity contribution in [1.82, 2.24) is 9.97 Å². The van der Waals surface area contributed by atoms with Gasteiger partial charge in [-0.15, -0.1) is 0 Å². The van der Waals surface area contributed by atoms with E-state index in [0.717, 1.165) is 12.8 Å². The van der Waals surface area contributed by atoms with Crippen molar-refractivity contribution in [2.75, 3.05) is 7.11 Å². The van der Waals surface area contributed by atoms with Gasteiger partial charge in [0.1, 0.15) is 6.10 Å². The molecule has 17 heavy (non-hydrogen) atoms. The number of hydrogen-bond acceptors (Lipinski definition) is 4. The normalized spacial score (nSPS) is 24.4. The Morgan fingerprint density at radius 3 is 2.88 bits per heavy atom. The van der Waals surface area contributed by atoms with Gasteiger partial charge in [-0.1, -0.05) is 13.3 Å². The quantitative estimate of drug-likeness (QED) is 0.871. The molecule has 5 heteroatoms. The summed E-state index contributed by atoms with van der Waals surface area (Å²) in [4.78, 5) is 18.0. The summed E-state index contributed by atoms with van der Waals surface area (Å²) in [5.74, 6) is 0.954. The van der Waals surface area contributed by atoms with Crippen molar-refractivity contribution in [2.24, 2.45) is 5.92 Å². The summed E-state index contributed by atoms with van der Waals surface area (Å²) in [5.41, 5.74) is -0.305. The number of nitrogens with zero attached hydrogens (tertiary/aromatic N) is 1. The van der Waals surface area contributed by atoms with Crippen molar-refractivity contribution in [3.05, 3.63) is 16.7 Å². The lowest BCUT2D eigenvalue weighted by molar-refractivity contribution is 0.0934. The van der Waals surface area contributed by atoms with Gasteiger partial charge in [0.15, 0.2) is 0 Å². The fraction of sp³-hybridized carbons (Fsp3) is 0.667. The molecule has 5 nitrogen and oxygen atoms in total. The van der Waals surface area contributed by atoms with Gasteiger partial charge in [-0.05, 0) is 25.2 Å². The molecule has 1 heterocycles. The predicted octanol–water partition coefficient (Wildman–Crippen LogP) is 1.74. The molecule has 1 fully saturated rings. The van der Waals surface area contributed by atoms with Crippen LogP contribution in [0.2, 0.25) is 0 Å². The molecule has 1 N–H and O–H groups in total. The minimum atomic E-state index is -0.305. The molecule has 0 spiro atoms. The first-order valence-corrected chi connectivity index (χ1v) is 6.00. The van der Waals surface area contributed by atoms with Gasteiger partial charge >= 0.3 is 0 Å². The van der Waals surface area contributed by atoms with E-state index in [1.165, 1.54) is 26.3 Å². The second kappa shape index (κ2) is 5.21. The van der Waals surface area contributed by atoms with Crippen LogP contribution >= 0.6 is 0 Å². The highest BCUT2D eigenvalue weighted by molar-refractivity contribution is 5.29. The van der Waals surface area contributed by atoms with E-state index < -0.39 is 0 Å². The monoisotopic (exact) mass is 238 g/mol. The Kier molecular flexibility index (Phi) is 3.66. The second-order valence-electron chi connectivity index (χ2n) is 4.49. The third kappa shape index (κ3) is 2.60. The molecule has 2 atom stereocenters. The second-order valence-corrected chi connectivity index (χ2v) is 4.49. The van der Waals surface area contributed by atoms with E-state index in [-0.39, 0.29) is 17.4 Å². The molecule has 1 saturated carbocycles. The van der Waals surface area contributed by atoms with E-state index >= 15 is 0 Å². The molecule has 0 radical (unpaired) electrons. The van der Waals surface area contributed by atoms with Crippen LogP contribution in [0.4, 0.5) is 0 Å². The summed E-state index contributed by atoms with van der Waals surface area (Å²) in [6, 6.07) is 0. The molecule has 1 aromatic heterocycles. The Balaban J connectivity index is 2.17. The van der Waals surface area contributed by atoms with Gasteiger partial charge in [0.25, 0.3) is 11.4 Å². The lowest BCUT2D eigenvalue weighted by Gasteiger charge is -2.28. The number of ether oxygens (including phenoxy) is 2. The molecule has 0 amide bonds. The molecule has 0 aliphatic heterocycles. The third-order valence-corrected chi connectivity index (χ3v) is 3.28. The Morgan fingerprint density at radius 1 is 1.41 bits per heavy atom. The smallest absolute Gasteiger partial charge is 0.297 e. The average Bonchev–Trinajstić information content (AvgIpc) is 2.32. The molecule has 2 rings (SSSR count). The fourth-order valence-corrected chi connectivity index (χ4v) is 2.24. The minimum Gasteiger partial charge on any atom is -0.487 e. The first kappa shape index (κ1) is 12.0. The van der Waals surface area contributed by atoms with E-state index in [4.69, 9.17) is 9.47 Å². The minimum absolute atomic E-state index is 0.131. The molecular formula is C12H18N2O3. The zero-order chi connectivity index (χ0) is 12.3. The molecule has 0 aromatic carbocycles. The van der Waals surface area contributed by atoms with Crippen molar-refractivity contribution >= 4 is 0 Å². The highest BCUT2D eigenvalue weighted by Gasteiger charge is 2.25. The fourth-order valence-electron chi connectivity index (χ4n) is 2.24. The molecule has 0 saturated heterocycles. The maximum Gasteiger partial charge on any atom is 0.297 e. The predicted molar refractivity (Wildman–Crippen MR) is 63.5 cm³/mol. The van der Waals surface area contributed by atoms with Crippen LogP contribution in [-0.4, -0.2) is 23.2 Å². The lowest BCUT2D eigenvalue weighted by atomic mass is 9.88. The van der Waals surface area contributed by atoms with Crippen molar-refractivity contribution in [1.29, 1.82) is 0 Å². The van der Waals surface area contributed by atoms with Crippen LogP contribution in [0.15, 0.2) is 11.1 Å². The summed E-state index contributed by atoms with van der Waals surface area (Å²) in [6.07, 6.45) is 6.07. The lowest BCUT2D eigenvalue weighted by Crippen LogP contribution is -2.29. The maximum atomic E-state index is 11.5. The molecule has 1 aromatic rings. The van der Waals surface area contributed by atoms with E-state index in [9.17, 15) is 4.79 Å². The molecule has 94 valence electrons. The largest absolute Gasteiger partial charge is 0.487 e. The van der Waals surface area contributed by atoms with E-state index in [1.807, 2.05) is 0 Å². The van der Waals surface area contributed by atoms with Gasteiger partial charge in [0.05, 0.1) is 13.4 Å². The highest BCUT2D eigenvalue weighted by atomic mass is 16.5. The van der Waals surface area contributed by atoms with Gasteiger partial charge in [-0.25, -0.2) is 4.98 Å². The van der Waals surface area contributed by atoms with E-state index in [2.05, 4.69) is 16.9 Å². The number of methoxy groups -OCH3 is 1. The van der Waals surface area contributed by atoms with Crippen LogP contribution in [0.25, 0.3) is 0 Å². The zero-order valence-corrected chi connectivity index (χ0v) is 10.2. The molecular weight excluding hydrogens is 220 g/mol. The summed E-state index contributed by atoms with van der Waals surface area (Å²) >= 11 is 0. The summed E-state index contributed by atoms with van der Waals surface area (Å²) in [6.45, 7) is 2.17. The van der Waals surface area contributed by atoms with Gasteiger partial charge in [0.2, 0.25) is 5.75 Å². The molecule has 2 unspecified atom stereocenters. The standard InChI is InChI=1S/C12H18N2O3/c1-8-5-3-4-6-9(8)17-12-10(16-2)11(15)13-7-14-12/h7-9H,3-6H2,1-2H3,(H,13,14,15). The van der Waals surface area contributed by atoms with Crippen LogP contribution < -0.4 is 15.0 Å². The number of H-pyrrole nitrogens is 1. The maximum absolute atomic E-state index is 11.5. The van der Waals surface area contributed by atoms with E-state index in [1.54, 1.807) is 0 Å². The number of rotatable bonds is 3. The molecule has 0 bridgehead atoms. The van der Waals surface area contributed by atoms with Crippen LogP contribution in [0.1, 0.15) is 32.6 Å². The van der Waals surface area contributed by atoms with E-state index in [0.29, 0.717) is 11.8 Å². The molecule has 1 aliphatic carbocycles. The SMILES string of the molecule is COc1c(OC2CCCCC2C)nc[nH]c1=O. The number of aromatic amines is 1. The average molecular weight is 238 g/mol. The number of nitrogens with one attached hydrogen (secondary N) is 1. The molecule has 1 aliphatic rings. The number of aromatic nitrogens is 2. The van der Waals surface area contributed by atoms with Crippen LogP contribution in [0, 0.1) is 5.92 Å². The first-order valence-electron chi connectivity index (χ1n) is 6.00.